The first kappa shape index (κ1) is 49.0. The van der Waals surface area contributed by atoms with E-state index in [1.54, 1.807) is 0 Å². The van der Waals surface area contributed by atoms with Gasteiger partial charge in [-0.3, -0.25) is 4.79 Å². The lowest BCUT2D eigenvalue weighted by Crippen LogP contribution is -2.16. The van der Waals surface area contributed by atoms with Crippen molar-refractivity contribution in [1.29, 1.82) is 0 Å². The Kier molecular flexibility index (Phi) is 45.1. The van der Waals surface area contributed by atoms with Crippen molar-refractivity contribution in [1.82, 2.24) is 0 Å². The highest BCUT2D eigenvalue weighted by Crippen LogP contribution is 2.10. The maximum absolute atomic E-state index is 11.8. The van der Waals surface area contributed by atoms with Crippen molar-refractivity contribution in [3.05, 3.63) is 0 Å². The highest BCUT2D eigenvalue weighted by atomic mass is 16.6. The van der Waals surface area contributed by atoms with E-state index in [1.165, 1.54) is 44.9 Å². The fraction of sp³-hybridized carbons (Fsp3) is 0.972. The fourth-order valence-electron chi connectivity index (χ4n) is 4.25. The van der Waals surface area contributed by atoms with Gasteiger partial charge in [-0.2, -0.15) is 0 Å². The summed E-state index contributed by atoms with van der Waals surface area (Å²) in [6.45, 7) is 14.1. The third-order valence-corrected chi connectivity index (χ3v) is 6.96. The van der Waals surface area contributed by atoms with E-state index in [0.29, 0.717) is 158 Å². The van der Waals surface area contributed by atoms with Crippen LogP contribution < -0.4 is 5.73 Å². The zero-order chi connectivity index (χ0) is 36.1. The largest absolute Gasteiger partial charge is 0.463 e. The van der Waals surface area contributed by atoms with Crippen LogP contribution >= 0.6 is 0 Å². The molecular formula is C36H73NO13. The van der Waals surface area contributed by atoms with Crippen LogP contribution in [-0.2, 0) is 61.6 Å². The van der Waals surface area contributed by atoms with Crippen molar-refractivity contribution >= 4 is 5.97 Å². The van der Waals surface area contributed by atoms with Crippen molar-refractivity contribution in [3.8, 4) is 0 Å². The first-order valence-electron chi connectivity index (χ1n) is 19.0. The molecule has 0 aliphatic rings. The Morgan fingerprint density at radius 1 is 0.340 bits per heavy atom. The first-order valence-corrected chi connectivity index (χ1v) is 19.0. The zero-order valence-electron chi connectivity index (χ0n) is 31.4. The predicted molar refractivity (Wildman–Crippen MR) is 191 cm³/mol. The molecule has 50 heavy (non-hydrogen) atoms. The Balaban J connectivity index is 3.10. The van der Waals surface area contributed by atoms with Gasteiger partial charge in [0.2, 0.25) is 0 Å². The number of rotatable bonds is 45. The van der Waals surface area contributed by atoms with Crippen LogP contribution in [0.25, 0.3) is 0 Å². The first-order chi connectivity index (χ1) is 24.8. The van der Waals surface area contributed by atoms with E-state index in [9.17, 15) is 4.79 Å². The molecule has 0 saturated carbocycles. The summed E-state index contributed by atoms with van der Waals surface area (Å²) in [4.78, 5) is 11.8. The summed E-state index contributed by atoms with van der Waals surface area (Å²) in [7, 11) is 0. The molecule has 0 spiro atoms. The van der Waals surface area contributed by atoms with Crippen molar-refractivity contribution < 1.29 is 61.6 Å². The van der Waals surface area contributed by atoms with E-state index in [-0.39, 0.29) is 12.6 Å². The quantitative estimate of drug-likeness (QED) is 0.0718. The van der Waals surface area contributed by atoms with Gasteiger partial charge in [0.05, 0.1) is 145 Å². The van der Waals surface area contributed by atoms with Crippen LogP contribution in [0.3, 0.4) is 0 Å². The Morgan fingerprint density at radius 2 is 0.580 bits per heavy atom. The lowest BCUT2D eigenvalue weighted by atomic mass is 10.1. The van der Waals surface area contributed by atoms with Crippen LogP contribution in [0.4, 0.5) is 0 Å². The minimum Gasteiger partial charge on any atom is -0.463 e. The molecule has 14 nitrogen and oxygen atoms in total. The maximum atomic E-state index is 11.8. The SMILES string of the molecule is CCCCCCCCCCCC(=O)OCCOCCOCCOCCOCCOCCOCCOCCOCCOCCOCCOCCN. The average Bonchev–Trinajstić information content (AvgIpc) is 3.12. The molecule has 0 heterocycles. The molecule has 0 atom stereocenters. The molecule has 2 N–H and O–H groups in total. The number of carbonyl (C=O) groups is 1. The van der Waals surface area contributed by atoms with E-state index >= 15 is 0 Å². The van der Waals surface area contributed by atoms with Crippen molar-refractivity contribution in [2.24, 2.45) is 5.73 Å². The summed E-state index contributed by atoms with van der Waals surface area (Å²) in [6.07, 6.45) is 11.6. The smallest absolute Gasteiger partial charge is 0.305 e. The molecule has 0 aromatic heterocycles. The minimum absolute atomic E-state index is 0.137. The molecule has 0 rings (SSSR count). The van der Waals surface area contributed by atoms with Gasteiger partial charge in [-0.05, 0) is 6.42 Å². The monoisotopic (exact) mass is 728 g/mol. The summed E-state index contributed by atoms with van der Waals surface area (Å²) in [6, 6.07) is 0. The molecule has 0 amide bonds. The molecular weight excluding hydrogens is 654 g/mol. The van der Waals surface area contributed by atoms with Crippen LogP contribution in [-0.4, -0.2) is 164 Å². The number of esters is 1. The standard InChI is InChI=1S/C36H73NO13/c1-2-3-4-5-6-7-8-9-10-11-36(38)50-35-34-49-33-32-48-31-30-47-29-28-46-27-26-45-25-24-44-23-22-43-21-20-42-19-18-41-17-16-40-15-14-39-13-12-37/h2-35,37H2,1H3. The van der Waals surface area contributed by atoms with E-state index < -0.39 is 0 Å². The van der Waals surface area contributed by atoms with E-state index in [4.69, 9.17) is 62.6 Å². The van der Waals surface area contributed by atoms with Crippen LogP contribution in [0.5, 0.6) is 0 Å². The van der Waals surface area contributed by atoms with Crippen molar-refractivity contribution in [3.63, 3.8) is 0 Å². The minimum atomic E-state index is -0.137. The molecule has 0 bridgehead atoms. The number of hydrogen-bond donors (Lipinski definition) is 1. The molecule has 0 aromatic rings. The lowest BCUT2D eigenvalue weighted by molar-refractivity contribution is -0.145. The molecule has 0 aliphatic carbocycles. The highest BCUT2D eigenvalue weighted by Gasteiger charge is 2.03. The van der Waals surface area contributed by atoms with Crippen LogP contribution in [0, 0.1) is 0 Å². The fourth-order valence-corrected chi connectivity index (χ4v) is 4.25. The summed E-state index contributed by atoms with van der Waals surface area (Å²) in [5, 5.41) is 0. The average molecular weight is 728 g/mol. The van der Waals surface area contributed by atoms with Gasteiger partial charge in [0.25, 0.3) is 0 Å². The number of ether oxygens (including phenoxy) is 12. The number of unbranched alkanes of at least 4 members (excludes halogenated alkanes) is 8. The Bertz CT molecular complexity index is 637. The van der Waals surface area contributed by atoms with Crippen LogP contribution in [0.2, 0.25) is 0 Å². The molecule has 0 radical (unpaired) electrons. The summed E-state index contributed by atoms with van der Waals surface area (Å²) in [5.41, 5.74) is 5.33. The molecule has 0 unspecified atom stereocenters. The van der Waals surface area contributed by atoms with E-state index in [0.717, 1.165) is 12.8 Å². The molecule has 14 heteroatoms. The Hall–Kier alpha value is -1.01. The van der Waals surface area contributed by atoms with Gasteiger partial charge in [-0.15, -0.1) is 0 Å². The summed E-state index contributed by atoms with van der Waals surface area (Å²) < 4.78 is 65.0. The lowest BCUT2D eigenvalue weighted by Gasteiger charge is -2.09. The maximum Gasteiger partial charge on any atom is 0.305 e. The van der Waals surface area contributed by atoms with Gasteiger partial charge < -0.3 is 62.6 Å². The normalized spacial score (nSPS) is 11.5. The second kappa shape index (κ2) is 46.0. The van der Waals surface area contributed by atoms with Gasteiger partial charge in [0, 0.05) is 13.0 Å². The zero-order valence-corrected chi connectivity index (χ0v) is 31.4. The van der Waals surface area contributed by atoms with Crippen LogP contribution in [0.1, 0.15) is 71.1 Å². The third kappa shape index (κ3) is 45.0. The highest BCUT2D eigenvalue weighted by molar-refractivity contribution is 5.69. The number of hydrogen-bond acceptors (Lipinski definition) is 14. The summed E-state index contributed by atoms with van der Waals surface area (Å²) >= 11 is 0. The number of carbonyl (C=O) groups excluding carboxylic acids is 1. The second-order valence-electron chi connectivity index (χ2n) is 11.3. The number of nitrogens with two attached hydrogens (primary N) is 1. The van der Waals surface area contributed by atoms with Gasteiger partial charge in [-0.1, -0.05) is 58.3 Å². The molecule has 0 fully saturated rings. The van der Waals surface area contributed by atoms with Gasteiger partial charge >= 0.3 is 5.97 Å². The van der Waals surface area contributed by atoms with Crippen molar-refractivity contribution in [2.75, 3.05) is 159 Å². The summed E-state index contributed by atoms with van der Waals surface area (Å²) in [5.74, 6) is -0.137. The van der Waals surface area contributed by atoms with E-state index in [1.807, 2.05) is 0 Å². The Labute approximate surface area is 302 Å². The molecule has 0 saturated heterocycles. The van der Waals surface area contributed by atoms with Crippen LogP contribution in [0.15, 0.2) is 0 Å². The Morgan fingerprint density at radius 3 is 0.860 bits per heavy atom. The third-order valence-electron chi connectivity index (χ3n) is 6.96. The molecule has 300 valence electrons. The molecule has 0 aromatic carbocycles. The molecule has 0 aliphatic heterocycles. The van der Waals surface area contributed by atoms with E-state index in [2.05, 4.69) is 6.92 Å². The predicted octanol–water partition coefficient (Wildman–Crippen LogP) is 3.59. The van der Waals surface area contributed by atoms with Gasteiger partial charge in [-0.25, -0.2) is 0 Å². The topological polar surface area (TPSA) is 154 Å². The van der Waals surface area contributed by atoms with Crippen molar-refractivity contribution in [2.45, 2.75) is 71.1 Å². The van der Waals surface area contributed by atoms with Gasteiger partial charge in [0.15, 0.2) is 0 Å². The second-order valence-corrected chi connectivity index (χ2v) is 11.3. The van der Waals surface area contributed by atoms with Gasteiger partial charge in [0.1, 0.15) is 6.61 Å².